The summed E-state index contributed by atoms with van der Waals surface area (Å²) in [5, 5.41) is 0. The topological polar surface area (TPSA) is 27.1 Å². The van der Waals surface area contributed by atoms with E-state index in [4.69, 9.17) is 16.3 Å². The molecule has 4 heteroatoms. The second kappa shape index (κ2) is 4.67. The molecule has 1 aliphatic rings. The molecule has 0 amide bonds. The summed E-state index contributed by atoms with van der Waals surface area (Å²) in [4.78, 5) is 4.60. The van der Waals surface area contributed by atoms with Gasteiger partial charge in [0.25, 0.3) is 0 Å². The van der Waals surface area contributed by atoms with Gasteiger partial charge in [0.2, 0.25) is 0 Å². The lowest BCUT2D eigenvalue weighted by molar-refractivity contribution is 0.0700. The van der Waals surface area contributed by atoms with E-state index >= 15 is 0 Å². The van der Waals surface area contributed by atoms with Crippen LogP contribution in [0.2, 0.25) is 0 Å². The maximum absolute atomic E-state index is 6.01. The number of nitrogens with zero attached hydrogens (tertiary/aromatic N) is 2. The van der Waals surface area contributed by atoms with Gasteiger partial charge in [-0.25, -0.2) is 4.98 Å². The van der Waals surface area contributed by atoms with Crippen molar-refractivity contribution < 1.29 is 4.74 Å². The van der Waals surface area contributed by atoms with Crippen molar-refractivity contribution >= 4 is 22.6 Å². The Bertz CT molecular complexity index is 517. The lowest BCUT2D eigenvalue weighted by Crippen LogP contribution is -2.20. The molecule has 1 aliphatic heterocycles. The summed E-state index contributed by atoms with van der Waals surface area (Å²) in [6.45, 7) is 1.66. The van der Waals surface area contributed by atoms with Crippen LogP contribution in [0.5, 0.6) is 0 Å². The quantitative estimate of drug-likeness (QED) is 0.766. The van der Waals surface area contributed by atoms with Crippen molar-refractivity contribution in [1.29, 1.82) is 0 Å². The SMILES string of the molecule is ClCc1nc2ccccc2n1C1CCOCC1. The highest BCUT2D eigenvalue weighted by Gasteiger charge is 2.20. The standard InChI is InChI=1S/C13H15ClN2O/c14-9-13-15-11-3-1-2-4-12(11)16(13)10-5-7-17-8-6-10/h1-4,10H,5-9H2. The number of imidazole rings is 1. The number of ether oxygens (including phenoxy) is 1. The summed E-state index contributed by atoms with van der Waals surface area (Å²) < 4.78 is 7.71. The van der Waals surface area contributed by atoms with Crippen LogP contribution in [0.4, 0.5) is 0 Å². The van der Waals surface area contributed by atoms with E-state index in [1.54, 1.807) is 0 Å². The normalized spacial score (nSPS) is 17.7. The molecule has 0 aliphatic carbocycles. The van der Waals surface area contributed by atoms with Gasteiger partial charge >= 0.3 is 0 Å². The van der Waals surface area contributed by atoms with Crippen molar-refractivity contribution in [2.45, 2.75) is 24.8 Å². The number of alkyl halides is 1. The molecule has 0 radical (unpaired) electrons. The largest absolute Gasteiger partial charge is 0.381 e. The van der Waals surface area contributed by atoms with Crippen LogP contribution in [0.3, 0.4) is 0 Å². The van der Waals surface area contributed by atoms with E-state index in [0.29, 0.717) is 11.9 Å². The zero-order chi connectivity index (χ0) is 11.7. The molecule has 1 fully saturated rings. The number of hydrogen-bond donors (Lipinski definition) is 0. The van der Waals surface area contributed by atoms with E-state index < -0.39 is 0 Å². The van der Waals surface area contributed by atoms with E-state index in [0.717, 1.165) is 37.4 Å². The molecule has 1 aromatic carbocycles. The summed E-state index contributed by atoms with van der Waals surface area (Å²) in [5.41, 5.74) is 2.23. The fourth-order valence-corrected chi connectivity index (χ4v) is 2.73. The Kier molecular flexibility index (Phi) is 3.04. The Labute approximate surface area is 105 Å². The summed E-state index contributed by atoms with van der Waals surface area (Å²) in [7, 11) is 0. The molecule has 1 saturated heterocycles. The Morgan fingerprint density at radius 1 is 1.29 bits per heavy atom. The first-order valence-corrected chi connectivity index (χ1v) is 6.53. The van der Waals surface area contributed by atoms with Crippen molar-refractivity contribution in [1.82, 2.24) is 9.55 Å². The zero-order valence-corrected chi connectivity index (χ0v) is 10.4. The Hall–Kier alpha value is -1.06. The van der Waals surface area contributed by atoms with Crippen molar-refractivity contribution in [3.63, 3.8) is 0 Å². The molecule has 2 heterocycles. The highest BCUT2D eigenvalue weighted by molar-refractivity contribution is 6.16. The van der Waals surface area contributed by atoms with Gasteiger partial charge in [0.05, 0.1) is 16.9 Å². The van der Waals surface area contributed by atoms with Gasteiger partial charge in [-0.2, -0.15) is 0 Å². The molecule has 3 rings (SSSR count). The fraction of sp³-hybridized carbons (Fsp3) is 0.462. The van der Waals surface area contributed by atoms with E-state index in [1.807, 2.05) is 12.1 Å². The van der Waals surface area contributed by atoms with Gasteiger partial charge in [0, 0.05) is 19.3 Å². The third kappa shape index (κ3) is 1.94. The first kappa shape index (κ1) is 11.1. The van der Waals surface area contributed by atoms with E-state index in [-0.39, 0.29) is 0 Å². The summed E-state index contributed by atoms with van der Waals surface area (Å²) in [6, 6.07) is 8.71. The Morgan fingerprint density at radius 2 is 2.06 bits per heavy atom. The van der Waals surface area contributed by atoms with Crippen LogP contribution in [-0.4, -0.2) is 22.8 Å². The van der Waals surface area contributed by atoms with E-state index in [1.165, 1.54) is 5.52 Å². The number of hydrogen-bond acceptors (Lipinski definition) is 2. The lowest BCUT2D eigenvalue weighted by atomic mass is 10.1. The monoisotopic (exact) mass is 250 g/mol. The molecule has 2 aromatic rings. The molecule has 0 bridgehead atoms. The van der Waals surface area contributed by atoms with Crippen LogP contribution >= 0.6 is 11.6 Å². The molecule has 0 N–H and O–H groups in total. The first-order valence-electron chi connectivity index (χ1n) is 5.99. The van der Waals surface area contributed by atoms with Crippen LogP contribution in [0, 0.1) is 0 Å². The minimum absolute atomic E-state index is 0.464. The molecule has 1 aromatic heterocycles. The number of rotatable bonds is 2. The second-order valence-electron chi connectivity index (χ2n) is 4.36. The minimum atomic E-state index is 0.464. The van der Waals surface area contributed by atoms with Gasteiger partial charge in [-0.3, -0.25) is 0 Å². The average Bonchev–Trinajstić information content (AvgIpc) is 2.78. The van der Waals surface area contributed by atoms with Crippen LogP contribution < -0.4 is 0 Å². The number of fused-ring (bicyclic) bond motifs is 1. The third-order valence-electron chi connectivity index (χ3n) is 3.34. The van der Waals surface area contributed by atoms with Crippen molar-refractivity contribution in [3.05, 3.63) is 30.1 Å². The molecule has 90 valence electrons. The summed E-state index contributed by atoms with van der Waals surface area (Å²) in [6.07, 6.45) is 2.09. The molecule has 3 nitrogen and oxygen atoms in total. The van der Waals surface area contributed by atoms with Crippen LogP contribution in [0.25, 0.3) is 11.0 Å². The number of aromatic nitrogens is 2. The molecule has 0 saturated carbocycles. The van der Waals surface area contributed by atoms with E-state index in [9.17, 15) is 0 Å². The fourth-order valence-electron chi connectivity index (χ4n) is 2.54. The smallest absolute Gasteiger partial charge is 0.125 e. The molecule has 0 atom stereocenters. The average molecular weight is 251 g/mol. The zero-order valence-electron chi connectivity index (χ0n) is 9.60. The van der Waals surface area contributed by atoms with Crippen molar-refractivity contribution in [2.24, 2.45) is 0 Å². The maximum Gasteiger partial charge on any atom is 0.125 e. The van der Waals surface area contributed by atoms with Gasteiger partial charge in [-0.1, -0.05) is 12.1 Å². The molecule has 0 unspecified atom stereocenters. The predicted octanol–water partition coefficient (Wildman–Crippen LogP) is 3.13. The van der Waals surface area contributed by atoms with Gasteiger partial charge < -0.3 is 9.30 Å². The molecule has 0 spiro atoms. The minimum Gasteiger partial charge on any atom is -0.381 e. The highest BCUT2D eigenvalue weighted by atomic mass is 35.5. The van der Waals surface area contributed by atoms with Crippen LogP contribution in [0.1, 0.15) is 24.7 Å². The number of benzene rings is 1. The Morgan fingerprint density at radius 3 is 2.82 bits per heavy atom. The number of halogens is 1. The summed E-state index contributed by atoms with van der Waals surface area (Å²) in [5.74, 6) is 1.44. The van der Waals surface area contributed by atoms with Gasteiger partial charge in [0.1, 0.15) is 5.82 Å². The van der Waals surface area contributed by atoms with Crippen LogP contribution in [0.15, 0.2) is 24.3 Å². The second-order valence-corrected chi connectivity index (χ2v) is 4.63. The highest BCUT2D eigenvalue weighted by Crippen LogP contribution is 2.28. The van der Waals surface area contributed by atoms with E-state index in [2.05, 4.69) is 21.7 Å². The van der Waals surface area contributed by atoms with Gasteiger partial charge in [0.15, 0.2) is 0 Å². The number of para-hydroxylation sites is 2. The Balaban J connectivity index is 2.11. The van der Waals surface area contributed by atoms with Gasteiger partial charge in [-0.15, -0.1) is 11.6 Å². The first-order chi connectivity index (χ1) is 8.40. The van der Waals surface area contributed by atoms with Crippen molar-refractivity contribution in [3.8, 4) is 0 Å². The predicted molar refractivity (Wildman–Crippen MR) is 68.4 cm³/mol. The third-order valence-corrected chi connectivity index (χ3v) is 3.58. The summed E-state index contributed by atoms with van der Waals surface area (Å²) >= 11 is 6.01. The van der Waals surface area contributed by atoms with Crippen molar-refractivity contribution in [2.75, 3.05) is 13.2 Å². The maximum atomic E-state index is 6.01. The van der Waals surface area contributed by atoms with Gasteiger partial charge in [-0.05, 0) is 25.0 Å². The van der Waals surface area contributed by atoms with Crippen LogP contribution in [-0.2, 0) is 10.6 Å². The molecule has 17 heavy (non-hydrogen) atoms. The molecular formula is C13H15ClN2O. The lowest BCUT2D eigenvalue weighted by Gasteiger charge is -2.25. The molecular weight excluding hydrogens is 236 g/mol.